The fourth-order valence-corrected chi connectivity index (χ4v) is 1.65. The molecule has 1 aliphatic heterocycles. The van der Waals surface area contributed by atoms with Crippen molar-refractivity contribution in [1.82, 2.24) is 0 Å². The SMILES string of the molecule is CC1=C(C)C(=O)N(c2ccc(F)c(N)c2)C1=O. The summed E-state index contributed by atoms with van der Waals surface area (Å²) in [7, 11) is 0. The van der Waals surface area contributed by atoms with Crippen molar-refractivity contribution in [3.8, 4) is 0 Å². The molecule has 2 N–H and O–H groups in total. The molecule has 0 aliphatic carbocycles. The molecular weight excluding hydrogens is 223 g/mol. The number of nitrogens with zero attached hydrogens (tertiary/aromatic N) is 1. The highest BCUT2D eigenvalue weighted by molar-refractivity contribution is 6.32. The van der Waals surface area contributed by atoms with Gasteiger partial charge in [0.05, 0.1) is 11.4 Å². The second-order valence-corrected chi connectivity index (χ2v) is 3.90. The highest BCUT2D eigenvalue weighted by Gasteiger charge is 2.34. The summed E-state index contributed by atoms with van der Waals surface area (Å²) in [5.74, 6) is -1.36. The van der Waals surface area contributed by atoms with Gasteiger partial charge < -0.3 is 5.73 Å². The number of nitrogen functional groups attached to an aromatic ring is 1. The van der Waals surface area contributed by atoms with E-state index in [0.717, 1.165) is 11.0 Å². The van der Waals surface area contributed by atoms with Crippen LogP contribution in [0.3, 0.4) is 0 Å². The van der Waals surface area contributed by atoms with Crippen molar-refractivity contribution in [3.63, 3.8) is 0 Å². The standard InChI is InChI=1S/C12H11FN2O2/c1-6-7(2)12(17)15(11(6)16)8-3-4-9(13)10(14)5-8/h3-5H,14H2,1-2H3. The van der Waals surface area contributed by atoms with E-state index in [9.17, 15) is 14.0 Å². The van der Waals surface area contributed by atoms with Crippen molar-refractivity contribution in [3.05, 3.63) is 35.2 Å². The summed E-state index contributed by atoms with van der Waals surface area (Å²) in [6.07, 6.45) is 0. The molecule has 88 valence electrons. The average molecular weight is 234 g/mol. The van der Waals surface area contributed by atoms with Crippen molar-refractivity contribution in [2.45, 2.75) is 13.8 Å². The van der Waals surface area contributed by atoms with Gasteiger partial charge in [-0.05, 0) is 32.0 Å². The zero-order valence-corrected chi connectivity index (χ0v) is 9.45. The van der Waals surface area contributed by atoms with Crippen LogP contribution in [0, 0.1) is 5.82 Å². The number of benzene rings is 1. The van der Waals surface area contributed by atoms with E-state index in [-0.39, 0.29) is 11.4 Å². The van der Waals surface area contributed by atoms with E-state index < -0.39 is 17.6 Å². The lowest BCUT2D eigenvalue weighted by molar-refractivity contribution is -0.120. The number of rotatable bonds is 1. The van der Waals surface area contributed by atoms with E-state index in [1.165, 1.54) is 12.1 Å². The van der Waals surface area contributed by atoms with Crippen molar-refractivity contribution in [1.29, 1.82) is 0 Å². The molecule has 0 bridgehead atoms. The van der Waals surface area contributed by atoms with Gasteiger partial charge in [-0.3, -0.25) is 9.59 Å². The summed E-state index contributed by atoms with van der Waals surface area (Å²) in [5.41, 5.74) is 6.41. The van der Waals surface area contributed by atoms with E-state index >= 15 is 0 Å². The molecule has 0 unspecified atom stereocenters. The zero-order chi connectivity index (χ0) is 12.7. The molecule has 2 rings (SSSR count). The Morgan fingerprint density at radius 2 is 1.65 bits per heavy atom. The number of carbonyl (C=O) groups excluding carboxylic acids is 2. The normalized spacial score (nSPS) is 16.1. The fourth-order valence-electron chi connectivity index (χ4n) is 1.65. The number of carbonyl (C=O) groups is 2. The van der Waals surface area contributed by atoms with Crippen LogP contribution in [-0.4, -0.2) is 11.8 Å². The summed E-state index contributed by atoms with van der Waals surface area (Å²) in [4.78, 5) is 24.7. The van der Waals surface area contributed by atoms with Gasteiger partial charge in [-0.25, -0.2) is 9.29 Å². The van der Waals surface area contributed by atoms with Gasteiger partial charge >= 0.3 is 0 Å². The van der Waals surface area contributed by atoms with Gasteiger partial charge in [-0.15, -0.1) is 0 Å². The summed E-state index contributed by atoms with van der Waals surface area (Å²) < 4.78 is 13.0. The van der Waals surface area contributed by atoms with Gasteiger partial charge in [0.2, 0.25) is 0 Å². The minimum absolute atomic E-state index is 0.0923. The average Bonchev–Trinajstić information content (AvgIpc) is 2.48. The highest BCUT2D eigenvalue weighted by Crippen LogP contribution is 2.28. The Hall–Kier alpha value is -2.17. The molecule has 0 atom stereocenters. The van der Waals surface area contributed by atoms with Crippen LogP contribution in [0.5, 0.6) is 0 Å². The maximum absolute atomic E-state index is 13.0. The van der Waals surface area contributed by atoms with Crippen LogP contribution in [0.25, 0.3) is 0 Å². The summed E-state index contributed by atoms with van der Waals surface area (Å²) in [6.45, 7) is 3.17. The van der Waals surface area contributed by atoms with Crippen molar-refractivity contribution in [2.75, 3.05) is 10.6 Å². The Morgan fingerprint density at radius 3 is 2.12 bits per heavy atom. The molecule has 4 nitrogen and oxygen atoms in total. The van der Waals surface area contributed by atoms with Crippen LogP contribution in [-0.2, 0) is 9.59 Å². The minimum Gasteiger partial charge on any atom is -0.396 e. The Bertz CT molecular complexity index is 540. The van der Waals surface area contributed by atoms with Crippen molar-refractivity contribution in [2.24, 2.45) is 0 Å². The smallest absolute Gasteiger partial charge is 0.261 e. The Labute approximate surface area is 97.5 Å². The Balaban J connectivity index is 2.47. The lowest BCUT2D eigenvalue weighted by Gasteiger charge is -2.15. The molecule has 0 spiro atoms. The molecule has 1 aliphatic rings. The third-order valence-electron chi connectivity index (χ3n) is 2.85. The van der Waals surface area contributed by atoms with Crippen LogP contribution in [0.1, 0.15) is 13.8 Å². The minimum atomic E-state index is -0.575. The van der Waals surface area contributed by atoms with Crippen LogP contribution in [0.2, 0.25) is 0 Å². The van der Waals surface area contributed by atoms with Crippen molar-refractivity contribution >= 4 is 23.2 Å². The van der Waals surface area contributed by atoms with Crippen LogP contribution < -0.4 is 10.6 Å². The van der Waals surface area contributed by atoms with Gasteiger partial charge in [0.15, 0.2) is 0 Å². The molecule has 0 aromatic heterocycles. The molecule has 0 saturated carbocycles. The van der Waals surface area contributed by atoms with E-state index in [1.54, 1.807) is 13.8 Å². The highest BCUT2D eigenvalue weighted by atomic mass is 19.1. The molecule has 0 fully saturated rings. The summed E-state index contributed by atoms with van der Waals surface area (Å²) in [6, 6.07) is 3.76. The fraction of sp³-hybridized carbons (Fsp3) is 0.167. The first-order chi connectivity index (χ1) is 7.93. The monoisotopic (exact) mass is 234 g/mol. The second-order valence-electron chi connectivity index (χ2n) is 3.90. The van der Waals surface area contributed by atoms with Crippen molar-refractivity contribution < 1.29 is 14.0 Å². The maximum Gasteiger partial charge on any atom is 0.261 e. The van der Waals surface area contributed by atoms with Gasteiger partial charge in [-0.2, -0.15) is 0 Å². The zero-order valence-electron chi connectivity index (χ0n) is 9.45. The largest absolute Gasteiger partial charge is 0.396 e. The molecule has 0 saturated heterocycles. The molecule has 5 heteroatoms. The third kappa shape index (κ3) is 1.60. The third-order valence-corrected chi connectivity index (χ3v) is 2.85. The maximum atomic E-state index is 13.0. The second kappa shape index (κ2) is 3.69. The summed E-state index contributed by atoms with van der Waals surface area (Å²) in [5, 5.41) is 0. The molecule has 2 amide bonds. The number of halogens is 1. The number of anilines is 2. The molecule has 1 heterocycles. The van der Waals surface area contributed by atoms with Gasteiger partial charge in [0, 0.05) is 11.1 Å². The first kappa shape index (κ1) is 11.3. The van der Waals surface area contributed by atoms with Gasteiger partial charge in [0.25, 0.3) is 11.8 Å². The van der Waals surface area contributed by atoms with E-state index in [0.29, 0.717) is 11.1 Å². The van der Waals surface area contributed by atoms with Crippen LogP contribution >= 0.6 is 0 Å². The molecule has 17 heavy (non-hydrogen) atoms. The Morgan fingerprint density at radius 1 is 1.12 bits per heavy atom. The van der Waals surface area contributed by atoms with Gasteiger partial charge in [0.1, 0.15) is 5.82 Å². The van der Waals surface area contributed by atoms with Gasteiger partial charge in [-0.1, -0.05) is 0 Å². The first-order valence-corrected chi connectivity index (χ1v) is 5.04. The summed E-state index contributed by atoms with van der Waals surface area (Å²) >= 11 is 0. The predicted molar refractivity (Wildman–Crippen MR) is 61.7 cm³/mol. The van der Waals surface area contributed by atoms with Crippen LogP contribution in [0.4, 0.5) is 15.8 Å². The number of hydrogen-bond donors (Lipinski definition) is 1. The lowest BCUT2D eigenvalue weighted by Crippen LogP contribution is -2.31. The molecule has 1 aromatic rings. The van der Waals surface area contributed by atoms with E-state index in [1.807, 2.05) is 0 Å². The lowest BCUT2D eigenvalue weighted by atomic mass is 10.2. The topological polar surface area (TPSA) is 63.4 Å². The molecular formula is C12H11FN2O2. The molecule has 0 radical (unpaired) electrons. The molecule has 1 aromatic carbocycles. The number of hydrogen-bond acceptors (Lipinski definition) is 3. The Kier molecular flexibility index (Phi) is 2.46. The number of imide groups is 1. The number of amides is 2. The van der Waals surface area contributed by atoms with E-state index in [4.69, 9.17) is 5.73 Å². The first-order valence-electron chi connectivity index (χ1n) is 5.04. The quantitative estimate of drug-likeness (QED) is 0.593. The number of nitrogens with two attached hydrogens (primary N) is 1. The van der Waals surface area contributed by atoms with Crippen LogP contribution in [0.15, 0.2) is 29.3 Å². The van der Waals surface area contributed by atoms with E-state index in [2.05, 4.69) is 0 Å². The predicted octanol–water partition coefficient (Wildman–Crippen LogP) is 1.62.